The molecule has 540 valence electrons. The van der Waals surface area contributed by atoms with Crippen LogP contribution in [0, 0.1) is 11.8 Å². The Balaban J connectivity index is 5.17. The van der Waals surface area contributed by atoms with Crippen molar-refractivity contribution in [3.05, 3.63) is 0 Å². The van der Waals surface area contributed by atoms with Gasteiger partial charge in [-0.3, -0.25) is 37.3 Å². The van der Waals surface area contributed by atoms with Gasteiger partial charge < -0.3 is 33.8 Å². The van der Waals surface area contributed by atoms with Crippen LogP contribution in [0.4, 0.5) is 0 Å². The SMILES string of the molecule is CCCCCCCCCCCCCCCCCCCCC(=O)O[C@H](COC(=O)CCCCCCCCCCCCCCCCC(C)C)COP(=O)(O)OC[C@@H](O)COP(=O)(O)OC[C@@H](COC(=O)CCCCCCCCC)OC(=O)CCCCCCCCC(C)C. The fourth-order valence-electron chi connectivity index (χ4n) is 10.9. The first-order valence-electron chi connectivity index (χ1n) is 37.5. The van der Waals surface area contributed by atoms with Gasteiger partial charge in [-0.05, 0) is 37.5 Å². The van der Waals surface area contributed by atoms with Gasteiger partial charge in [-0.2, -0.15) is 0 Å². The summed E-state index contributed by atoms with van der Waals surface area (Å²) in [5.41, 5.74) is 0. The van der Waals surface area contributed by atoms with E-state index in [1.807, 2.05) is 0 Å². The van der Waals surface area contributed by atoms with Gasteiger partial charge in [-0.1, -0.05) is 318 Å². The quantitative estimate of drug-likeness (QED) is 0.0222. The van der Waals surface area contributed by atoms with E-state index in [1.54, 1.807) is 0 Å². The summed E-state index contributed by atoms with van der Waals surface area (Å²) < 4.78 is 68.2. The third kappa shape index (κ3) is 66.5. The Labute approximate surface area is 556 Å². The lowest BCUT2D eigenvalue weighted by Crippen LogP contribution is -2.30. The standard InChI is InChI=1S/C72H140O17P2/c1-7-9-11-13-15-16-17-18-19-20-21-22-27-30-33-37-44-50-56-71(76)88-67(61-83-70(75)55-49-43-36-32-29-26-24-23-25-28-31-35-40-46-52-64(3)4)62-86-90(78,79)84-58-66(73)59-85-91(80,81)87-63-68(60-82-69(74)54-48-42-34-14-12-10-8-2)89-72(77)57-51-45-39-38-41-47-53-65(5)6/h64-68,73H,7-63H2,1-6H3,(H,78,79)(H,80,81)/t66-,67-,68-/m1/s1. The lowest BCUT2D eigenvalue weighted by atomic mass is 10.0. The Hall–Kier alpha value is -1.94. The van der Waals surface area contributed by atoms with E-state index in [2.05, 4.69) is 41.5 Å². The van der Waals surface area contributed by atoms with Crippen molar-refractivity contribution in [2.24, 2.45) is 11.8 Å². The Kier molecular flexibility index (Phi) is 62.7. The number of phosphoric acid groups is 2. The molecule has 0 aliphatic heterocycles. The van der Waals surface area contributed by atoms with Crippen LogP contribution >= 0.6 is 15.6 Å². The molecule has 0 rings (SSSR count). The monoisotopic (exact) mass is 1340 g/mol. The van der Waals surface area contributed by atoms with Gasteiger partial charge in [-0.25, -0.2) is 9.13 Å². The number of aliphatic hydroxyl groups is 1. The fraction of sp³-hybridized carbons (Fsp3) is 0.944. The summed E-state index contributed by atoms with van der Waals surface area (Å²) in [7, 11) is -9.90. The molecular formula is C72H140O17P2. The zero-order chi connectivity index (χ0) is 67.2. The topological polar surface area (TPSA) is 237 Å². The highest BCUT2D eigenvalue weighted by molar-refractivity contribution is 7.47. The minimum Gasteiger partial charge on any atom is -0.462 e. The number of aliphatic hydroxyl groups excluding tert-OH is 1. The number of esters is 4. The summed E-state index contributed by atoms with van der Waals surface area (Å²) in [6.45, 7) is 9.45. The van der Waals surface area contributed by atoms with Crippen molar-refractivity contribution in [3.63, 3.8) is 0 Å². The van der Waals surface area contributed by atoms with E-state index in [1.165, 1.54) is 173 Å². The Morgan fingerprint density at radius 3 is 0.747 bits per heavy atom. The van der Waals surface area contributed by atoms with Crippen LogP contribution in [-0.2, 0) is 65.4 Å². The molecule has 0 amide bonds. The summed E-state index contributed by atoms with van der Waals surface area (Å²) in [6, 6.07) is 0. The highest BCUT2D eigenvalue weighted by atomic mass is 31.2. The summed E-state index contributed by atoms with van der Waals surface area (Å²) in [6.07, 6.45) is 50.4. The molecule has 0 saturated heterocycles. The van der Waals surface area contributed by atoms with Gasteiger partial charge in [-0.15, -0.1) is 0 Å². The molecule has 5 atom stereocenters. The summed E-state index contributed by atoms with van der Waals surface area (Å²) in [4.78, 5) is 72.4. The molecule has 2 unspecified atom stereocenters. The van der Waals surface area contributed by atoms with E-state index >= 15 is 0 Å². The van der Waals surface area contributed by atoms with Gasteiger partial charge in [0.15, 0.2) is 12.2 Å². The first-order chi connectivity index (χ1) is 43.9. The Morgan fingerprint density at radius 1 is 0.297 bits per heavy atom. The lowest BCUT2D eigenvalue weighted by molar-refractivity contribution is -0.161. The molecule has 0 radical (unpaired) electrons. The summed E-state index contributed by atoms with van der Waals surface area (Å²) >= 11 is 0. The van der Waals surface area contributed by atoms with E-state index in [-0.39, 0.29) is 25.7 Å². The molecule has 0 aromatic rings. The second-order valence-corrected chi connectivity index (χ2v) is 29.8. The number of hydrogen-bond acceptors (Lipinski definition) is 15. The maximum atomic E-state index is 13.0. The second kappa shape index (κ2) is 64.1. The molecular weight excluding hydrogens is 1200 g/mol. The maximum absolute atomic E-state index is 13.0. The van der Waals surface area contributed by atoms with E-state index in [9.17, 15) is 43.2 Å². The maximum Gasteiger partial charge on any atom is 0.472 e. The van der Waals surface area contributed by atoms with Crippen molar-refractivity contribution in [2.45, 2.75) is 387 Å². The van der Waals surface area contributed by atoms with Crippen molar-refractivity contribution in [3.8, 4) is 0 Å². The molecule has 0 fully saturated rings. The van der Waals surface area contributed by atoms with E-state index < -0.39 is 97.5 Å². The van der Waals surface area contributed by atoms with Crippen LogP contribution < -0.4 is 0 Å². The van der Waals surface area contributed by atoms with Crippen LogP contribution in [0.3, 0.4) is 0 Å². The van der Waals surface area contributed by atoms with Crippen molar-refractivity contribution < 1.29 is 80.2 Å². The highest BCUT2D eigenvalue weighted by Crippen LogP contribution is 2.45. The van der Waals surface area contributed by atoms with Crippen molar-refractivity contribution in [2.75, 3.05) is 39.6 Å². The van der Waals surface area contributed by atoms with Crippen molar-refractivity contribution in [1.29, 1.82) is 0 Å². The lowest BCUT2D eigenvalue weighted by Gasteiger charge is -2.21. The van der Waals surface area contributed by atoms with E-state index in [0.717, 1.165) is 109 Å². The fourth-order valence-corrected chi connectivity index (χ4v) is 12.5. The Bertz CT molecular complexity index is 1770. The first kappa shape index (κ1) is 89.1. The largest absolute Gasteiger partial charge is 0.472 e. The molecule has 3 N–H and O–H groups in total. The minimum atomic E-state index is -4.95. The van der Waals surface area contributed by atoms with Gasteiger partial charge in [0.1, 0.15) is 19.3 Å². The third-order valence-corrected chi connectivity index (χ3v) is 18.6. The van der Waals surface area contributed by atoms with Crippen LogP contribution in [0.15, 0.2) is 0 Å². The molecule has 0 aliphatic carbocycles. The van der Waals surface area contributed by atoms with E-state index in [0.29, 0.717) is 31.6 Å². The average molecular weight is 1340 g/mol. The first-order valence-corrected chi connectivity index (χ1v) is 40.5. The number of unbranched alkanes of at least 4 members (excludes halogenated alkanes) is 41. The molecule has 0 bridgehead atoms. The van der Waals surface area contributed by atoms with Gasteiger partial charge in [0.25, 0.3) is 0 Å². The Morgan fingerprint density at radius 2 is 0.505 bits per heavy atom. The number of phosphoric ester groups is 2. The predicted octanol–water partition coefficient (Wildman–Crippen LogP) is 20.8. The minimum absolute atomic E-state index is 0.102. The second-order valence-electron chi connectivity index (χ2n) is 26.9. The number of rotatable bonds is 71. The molecule has 0 saturated carbocycles. The highest BCUT2D eigenvalue weighted by Gasteiger charge is 2.30. The molecule has 19 heteroatoms. The molecule has 0 spiro atoms. The zero-order valence-corrected chi connectivity index (χ0v) is 60.9. The van der Waals surface area contributed by atoms with Crippen LogP contribution in [0.2, 0.25) is 0 Å². The average Bonchev–Trinajstić information content (AvgIpc) is 2.66. The third-order valence-electron chi connectivity index (χ3n) is 16.7. The van der Waals surface area contributed by atoms with Gasteiger partial charge in [0.2, 0.25) is 0 Å². The number of hydrogen-bond donors (Lipinski definition) is 3. The van der Waals surface area contributed by atoms with Crippen LogP contribution in [-0.4, -0.2) is 96.7 Å². The van der Waals surface area contributed by atoms with Crippen LogP contribution in [0.1, 0.15) is 369 Å². The van der Waals surface area contributed by atoms with Crippen molar-refractivity contribution in [1.82, 2.24) is 0 Å². The molecule has 17 nitrogen and oxygen atoms in total. The molecule has 0 aliphatic rings. The van der Waals surface area contributed by atoms with Gasteiger partial charge in [0, 0.05) is 25.7 Å². The number of carbonyl (C=O) groups excluding carboxylic acids is 4. The number of ether oxygens (including phenoxy) is 4. The zero-order valence-electron chi connectivity index (χ0n) is 59.1. The predicted molar refractivity (Wildman–Crippen MR) is 368 cm³/mol. The molecule has 0 heterocycles. The summed E-state index contributed by atoms with van der Waals surface area (Å²) in [5.74, 6) is -0.661. The normalized spacial score (nSPS) is 14.1. The smallest absolute Gasteiger partial charge is 0.462 e. The molecule has 0 aromatic heterocycles. The van der Waals surface area contributed by atoms with Crippen molar-refractivity contribution >= 4 is 39.5 Å². The molecule has 91 heavy (non-hydrogen) atoms. The molecule has 0 aromatic carbocycles. The summed E-state index contributed by atoms with van der Waals surface area (Å²) in [5, 5.41) is 10.6. The van der Waals surface area contributed by atoms with Crippen LogP contribution in [0.25, 0.3) is 0 Å². The van der Waals surface area contributed by atoms with E-state index in [4.69, 9.17) is 37.0 Å². The van der Waals surface area contributed by atoms with Gasteiger partial charge >= 0.3 is 39.5 Å². The van der Waals surface area contributed by atoms with Gasteiger partial charge in [0.05, 0.1) is 26.4 Å². The number of carbonyl (C=O) groups is 4. The van der Waals surface area contributed by atoms with Crippen LogP contribution in [0.5, 0.6) is 0 Å².